The SMILES string of the molecule is C=C1CCC(C)C/C1=C(/C)F. The molecule has 0 bridgehead atoms. The van der Waals surface area contributed by atoms with E-state index in [9.17, 15) is 4.39 Å². The Bertz CT molecular complexity index is 197. The second kappa shape index (κ2) is 3.21. The van der Waals surface area contributed by atoms with Crippen LogP contribution in [0.2, 0.25) is 0 Å². The second-order valence-electron chi connectivity index (χ2n) is 3.46. The summed E-state index contributed by atoms with van der Waals surface area (Å²) in [5, 5.41) is 0. The summed E-state index contributed by atoms with van der Waals surface area (Å²) in [5.41, 5.74) is 1.87. The first kappa shape index (κ1) is 8.51. The van der Waals surface area contributed by atoms with Crippen LogP contribution in [0.3, 0.4) is 0 Å². The molecule has 0 aliphatic heterocycles. The fourth-order valence-electron chi connectivity index (χ4n) is 1.55. The molecule has 1 saturated carbocycles. The number of rotatable bonds is 0. The van der Waals surface area contributed by atoms with Crippen molar-refractivity contribution in [2.75, 3.05) is 0 Å². The number of halogens is 1. The van der Waals surface area contributed by atoms with Gasteiger partial charge >= 0.3 is 0 Å². The molecule has 1 atom stereocenters. The molecule has 1 aliphatic rings. The topological polar surface area (TPSA) is 0 Å². The van der Waals surface area contributed by atoms with Crippen LogP contribution in [0, 0.1) is 5.92 Å². The second-order valence-corrected chi connectivity index (χ2v) is 3.46. The van der Waals surface area contributed by atoms with Crippen molar-refractivity contribution >= 4 is 0 Å². The minimum atomic E-state index is -0.0402. The van der Waals surface area contributed by atoms with E-state index in [1.165, 1.54) is 6.92 Å². The van der Waals surface area contributed by atoms with Crippen LogP contribution in [0.15, 0.2) is 23.6 Å². The molecule has 0 aromatic rings. The largest absolute Gasteiger partial charge is 0.212 e. The number of hydrogen-bond donors (Lipinski definition) is 0. The van der Waals surface area contributed by atoms with Crippen molar-refractivity contribution in [1.82, 2.24) is 0 Å². The summed E-state index contributed by atoms with van der Waals surface area (Å²) in [7, 11) is 0. The first-order valence-corrected chi connectivity index (χ1v) is 4.14. The van der Waals surface area contributed by atoms with Crippen molar-refractivity contribution in [2.24, 2.45) is 5.92 Å². The zero-order valence-electron chi connectivity index (χ0n) is 7.28. The van der Waals surface area contributed by atoms with E-state index in [1.807, 2.05) is 0 Å². The van der Waals surface area contributed by atoms with Crippen molar-refractivity contribution in [2.45, 2.75) is 33.1 Å². The summed E-state index contributed by atoms with van der Waals surface area (Å²) < 4.78 is 12.8. The van der Waals surface area contributed by atoms with Gasteiger partial charge in [-0.25, -0.2) is 4.39 Å². The highest BCUT2D eigenvalue weighted by Gasteiger charge is 2.17. The summed E-state index contributed by atoms with van der Waals surface area (Å²) in [6, 6.07) is 0. The zero-order chi connectivity index (χ0) is 8.43. The average Bonchev–Trinajstić information content (AvgIpc) is 1.94. The third-order valence-electron chi connectivity index (χ3n) is 2.33. The molecule has 11 heavy (non-hydrogen) atoms. The number of hydrogen-bond acceptors (Lipinski definition) is 0. The summed E-state index contributed by atoms with van der Waals surface area (Å²) in [6.07, 6.45) is 3.01. The summed E-state index contributed by atoms with van der Waals surface area (Å²) in [6.45, 7) is 7.54. The minimum absolute atomic E-state index is 0.0402. The Labute approximate surface area is 67.8 Å². The fourth-order valence-corrected chi connectivity index (χ4v) is 1.55. The molecule has 0 aromatic heterocycles. The van der Waals surface area contributed by atoms with Gasteiger partial charge in [-0.2, -0.15) is 0 Å². The van der Waals surface area contributed by atoms with E-state index in [4.69, 9.17) is 0 Å². The lowest BCUT2D eigenvalue weighted by Crippen LogP contribution is -2.07. The smallest absolute Gasteiger partial charge is 0.100 e. The molecule has 1 heteroatoms. The van der Waals surface area contributed by atoms with Gasteiger partial charge in [-0.15, -0.1) is 0 Å². The van der Waals surface area contributed by atoms with E-state index in [0.29, 0.717) is 5.92 Å². The van der Waals surface area contributed by atoms with Gasteiger partial charge in [0.25, 0.3) is 0 Å². The van der Waals surface area contributed by atoms with Gasteiger partial charge in [-0.1, -0.05) is 13.5 Å². The molecular formula is C10H15F. The highest BCUT2D eigenvalue weighted by Crippen LogP contribution is 2.33. The van der Waals surface area contributed by atoms with E-state index in [2.05, 4.69) is 13.5 Å². The van der Waals surface area contributed by atoms with Crippen molar-refractivity contribution < 1.29 is 4.39 Å². The fraction of sp³-hybridized carbons (Fsp3) is 0.600. The molecule has 1 unspecified atom stereocenters. The molecule has 0 amide bonds. The Morgan fingerprint density at radius 3 is 2.73 bits per heavy atom. The highest BCUT2D eigenvalue weighted by atomic mass is 19.1. The third kappa shape index (κ3) is 1.92. The predicted molar refractivity (Wildman–Crippen MR) is 46.0 cm³/mol. The number of allylic oxidation sites excluding steroid dienone is 3. The van der Waals surface area contributed by atoms with Crippen LogP contribution < -0.4 is 0 Å². The normalized spacial score (nSPS) is 30.5. The zero-order valence-corrected chi connectivity index (χ0v) is 7.28. The summed E-state index contributed by atoms with van der Waals surface area (Å²) in [4.78, 5) is 0. The maximum Gasteiger partial charge on any atom is 0.100 e. The van der Waals surface area contributed by atoms with Crippen LogP contribution in [-0.2, 0) is 0 Å². The van der Waals surface area contributed by atoms with Crippen LogP contribution in [0.5, 0.6) is 0 Å². The van der Waals surface area contributed by atoms with Gasteiger partial charge in [0.05, 0.1) is 0 Å². The Morgan fingerprint density at radius 2 is 2.27 bits per heavy atom. The Balaban J connectivity index is 2.78. The standard InChI is InChI=1S/C10H15F/c1-7-4-5-8(2)10(6-7)9(3)11/h7H,2,4-6H2,1,3H3/b10-9+. The molecule has 1 rings (SSSR count). The first-order chi connectivity index (χ1) is 5.11. The molecule has 0 radical (unpaired) electrons. The van der Waals surface area contributed by atoms with Gasteiger partial charge in [0.1, 0.15) is 5.83 Å². The van der Waals surface area contributed by atoms with E-state index >= 15 is 0 Å². The van der Waals surface area contributed by atoms with Crippen LogP contribution in [0.4, 0.5) is 4.39 Å². The van der Waals surface area contributed by atoms with Gasteiger partial charge < -0.3 is 0 Å². The van der Waals surface area contributed by atoms with E-state index in [-0.39, 0.29) is 5.83 Å². The monoisotopic (exact) mass is 154 g/mol. The first-order valence-electron chi connectivity index (χ1n) is 4.14. The van der Waals surface area contributed by atoms with Gasteiger partial charge in [-0.3, -0.25) is 0 Å². The molecule has 62 valence electrons. The van der Waals surface area contributed by atoms with Gasteiger partial charge in [0.2, 0.25) is 0 Å². The molecule has 0 aromatic carbocycles. The maximum atomic E-state index is 12.8. The Hall–Kier alpha value is -0.590. The molecule has 1 fully saturated rings. The highest BCUT2D eigenvalue weighted by molar-refractivity contribution is 5.32. The lowest BCUT2D eigenvalue weighted by Gasteiger charge is -2.22. The molecule has 1 aliphatic carbocycles. The van der Waals surface area contributed by atoms with Crippen molar-refractivity contribution in [3.8, 4) is 0 Å². The average molecular weight is 154 g/mol. The van der Waals surface area contributed by atoms with E-state index < -0.39 is 0 Å². The van der Waals surface area contributed by atoms with Gasteiger partial charge in [0, 0.05) is 0 Å². The van der Waals surface area contributed by atoms with E-state index in [1.54, 1.807) is 0 Å². The summed E-state index contributed by atoms with van der Waals surface area (Å²) in [5.74, 6) is 0.586. The van der Waals surface area contributed by atoms with Gasteiger partial charge in [0.15, 0.2) is 0 Å². The Morgan fingerprint density at radius 1 is 1.64 bits per heavy atom. The van der Waals surface area contributed by atoms with Crippen LogP contribution >= 0.6 is 0 Å². The molecule has 0 spiro atoms. The van der Waals surface area contributed by atoms with Crippen molar-refractivity contribution in [3.63, 3.8) is 0 Å². The van der Waals surface area contributed by atoms with Crippen LogP contribution in [0.25, 0.3) is 0 Å². The quantitative estimate of drug-likeness (QED) is 0.500. The Kier molecular flexibility index (Phi) is 2.48. The van der Waals surface area contributed by atoms with Gasteiger partial charge in [-0.05, 0) is 43.3 Å². The molecular weight excluding hydrogens is 139 g/mol. The van der Waals surface area contributed by atoms with Crippen LogP contribution in [0.1, 0.15) is 33.1 Å². The lowest BCUT2D eigenvalue weighted by atomic mass is 9.83. The minimum Gasteiger partial charge on any atom is -0.212 e. The molecule has 0 nitrogen and oxygen atoms in total. The molecule has 0 heterocycles. The predicted octanol–water partition coefficient (Wildman–Crippen LogP) is 3.61. The summed E-state index contributed by atoms with van der Waals surface area (Å²) >= 11 is 0. The maximum absolute atomic E-state index is 12.8. The van der Waals surface area contributed by atoms with Crippen molar-refractivity contribution in [1.29, 1.82) is 0 Å². The van der Waals surface area contributed by atoms with Crippen LogP contribution in [-0.4, -0.2) is 0 Å². The molecule has 0 N–H and O–H groups in total. The third-order valence-corrected chi connectivity index (χ3v) is 2.33. The van der Waals surface area contributed by atoms with E-state index in [0.717, 1.165) is 30.4 Å². The lowest BCUT2D eigenvalue weighted by molar-refractivity contribution is 0.481. The molecule has 0 saturated heterocycles. The van der Waals surface area contributed by atoms with Crippen molar-refractivity contribution in [3.05, 3.63) is 23.6 Å².